The number of rotatable bonds is 6. The Morgan fingerprint density at radius 1 is 0.212 bits per heavy atom. The van der Waals surface area contributed by atoms with Crippen molar-refractivity contribution < 1.29 is 0 Å². The van der Waals surface area contributed by atoms with Crippen LogP contribution in [0.4, 0.5) is 0 Å². The summed E-state index contributed by atoms with van der Waals surface area (Å²) in [5, 5.41) is 10.0. The third-order valence-electron chi connectivity index (χ3n) is 17.2. The van der Waals surface area contributed by atoms with E-state index in [1.54, 1.807) is 0 Å². The second kappa shape index (κ2) is 18.6. The first-order valence-corrected chi connectivity index (χ1v) is 28.7. The summed E-state index contributed by atoms with van der Waals surface area (Å²) >= 11 is 0. The van der Waals surface area contributed by atoms with Gasteiger partial charge in [-0.3, -0.25) is 0 Å². The first-order chi connectivity index (χ1) is 38.2. The van der Waals surface area contributed by atoms with Crippen LogP contribution in [0.2, 0.25) is 0 Å². The number of fused-ring (bicyclic) bond motifs is 8. The second-order valence-electron chi connectivity index (χ2n) is 26.6. The fraction of sp³-hybridized carbons (Fsp3) is 0.205. The van der Waals surface area contributed by atoms with Crippen molar-refractivity contribution in [3.63, 3.8) is 0 Å². The van der Waals surface area contributed by atoms with E-state index >= 15 is 0 Å². The zero-order chi connectivity index (χ0) is 55.6. The van der Waals surface area contributed by atoms with Crippen molar-refractivity contribution in [2.45, 2.75) is 105 Å². The van der Waals surface area contributed by atoms with E-state index in [1.807, 2.05) is 0 Å². The summed E-state index contributed by atoms with van der Waals surface area (Å²) in [6, 6.07) is 83.3. The molecule has 80 heavy (non-hydrogen) atoms. The van der Waals surface area contributed by atoms with E-state index < -0.39 is 0 Å². The van der Waals surface area contributed by atoms with Gasteiger partial charge in [0, 0.05) is 32.3 Å². The van der Waals surface area contributed by atoms with Gasteiger partial charge in [-0.05, 0) is 172 Å². The van der Waals surface area contributed by atoms with Crippen LogP contribution in [0.5, 0.6) is 0 Å². The lowest BCUT2D eigenvalue weighted by Crippen LogP contribution is -2.10. The van der Waals surface area contributed by atoms with Crippen LogP contribution in [0.25, 0.3) is 121 Å². The molecule has 0 fully saturated rings. The largest absolute Gasteiger partial charge is 0.309 e. The molecule has 394 valence electrons. The van der Waals surface area contributed by atoms with Gasteiger partial charge in [-0.25, -0.2) is 0 Å². The Labute approximate surface area is 473 Å². The third kappa shape index (κ3) is 8.54. The molecule has 11 aromatic carbocycles. The molecule has 2 heteroatoms. The van der Waals surface area contributed by atoms with E-state index in [1.165, 1.54) is 143 Å². The molecule has 0 aliphatic carbocycles. The van der Waals surface area contributed by atoms with Gasteiger partial charge in [0.15, 0.2) is 0 Å². The first kappa shape index (κ1) is 51.0. The fourth-order valence-corrected chi connectivity index (χ4v) is 12.6. The van der Waals surface area contributed by atoms with Gasteiger partial charge in [0.25, 0.3) is 0 Å². The van der Waals surface area contributed by atoms with Crippen LogP contribution in [0, 0.1) is 0 Å². The van der Waals surface area contributed by atoms with Gasteiger partial charge >= 0.3 is 0 Å². The van der Waals surface area contributed by atoms with Crippen molar-refractivity contribution in [2.75, 3.05) is 0 Å². The lowest BCUT2D eigenvalue weighted by molar-refractivity contribution is 0.590. The molecule has 0 spiro atoms. The standard InChI is InChI=1S/C78H72N2/c1-75(2,3)51-31-37-71-65(43-51)66-44-52(76(4,5)6)32-38-72(66)79(71)69-41-35-57(55-27-19-21-29-59(55)69)63-47-62(50-25-17-14-18-26-50)64(48-61(63)49-23-15-13-16-24-49)58-36-42-70(60-30-22-20-28-56(58)60)80-73-39-33-53(77(7,8)9)45-67(73)68-46-54(78(10,11)12)34-40-74(68)80/h13-48H,1-12H3. The monoisotopic (exact) mass is 1040 g/mol. The van der Waals surface area contributed by atoms with E-state index in [0.717, 1.165) is 0 Å². The minimum absolute atomic E-state index is 0.0151. The number of nitrogens with zero attached hydrogens (tertiary/aromatic N) is 2. The number of benzene rings is 11. The summed E-state index contributed by atoms with van der Waals surface area (Å²) in [5.74, 6) is 0. The van der Waals surface area contributed by atoms with E-state index in [0.29, 0.717) is 0 Å². The first-order valence-electron chi connectivity index (χ1n) is 28.7. The van der Waals surface area contributed by atoms with Gasteiger partial charge in [-0.15, -0.1) is 0 Å². The lowest BCUT2D eigenvalue weighted by Gasteiger charge is -2.22. The minimum Gasteiger partial charge on any atom is -0.309 e. The Kier molecular flexibility index (Phi) is 11.8. The highest BCUT2D eigenvalue weighted by atomic mass is 15.0. The Morgan fingerprint density at radius 3 is 0.775 bits per heavy atom. The quantitative estimate of drug-likeness (QED) is 0.157. The van der Waals surface area contributed by atoms with Crippen LogP contribution < -0.4 is 0 Å². The minimum atomic E-state index is 0.0151. The Morgan fingerprint density at radius 2 is 0.487 bits per heavy atom. The molecule has 0 atom stereocenters. The maximum Gasteiger partial charge on any atom is 0.0541 e. The molecule has 0 saturated carbocycles. The average molecular weight is 1040 g/mol. The van der Waals surface area contributed by atoms with Crippen LogP contribution in [0.3, 0.4) is 0 Å². The zero-order valence-corrected chi connectivity index (χ0v) is 48.7. The molecule has 0 bridgehead atoms. The predicted molar refractivity (Wildman–Crippen MR) is 347 cm³/mol. The van der Waals surface area contributed by atoms with Crippen molar-refractivity contribution in [1.29, 1.82) is 0 Å². The molecule has 2 heterocycles. The lowest BCUT2D eigenvalue weighted by atomic mass is 9.83. The van der Waals surface area contributed by atoms with E-state index in [9.17, 15) is 0 Å². The van der Waals surface area contributed by atoms with E-state index in [4.69, 9.17) is 0 Å². The highest BCUT2D eigenvalue weighted by Gasteiger charge is 2.26. The maximum atomic E-state index is 2.52. The molecule has 0 unspecified atom stereocenters. The molecular weight excluding hydrogens is 965 g/mol. The number of hydrogen-bond donors (Lipinski definition) is 0. The topological polar surface area (TPSA) is 9.86 Å². The summed E-state index contributed by atoms with van der Waals surface area (Å²) < 4.78 is 5.04. The molecule has 0 saturated heterocycles. The summed E-state index contributed by atoms with van der Waals surface area (Å²) in [5.41, 5.74) is 22.2. The normalized spacial score (nSPS) is 12.8. The average Bonchev–Trinajstić information content (AvgIpc) is 3.95. The van der Waals surface area contributed by atoms with Crippen molar-refractivity contribution >= 4 is 65.2 Å². The number of aromatic nitrogens is 2. The molecular formula is C78H72N2. The number of hydrogen-bond acceptors (Lipinski definition) is 0. The smallest absolute Gasteiger partial charge is 0.0541 e. The predicted octanol–water partition coefficient (Wildman–Crippen LogP) is 22.0. The summed E-state index contributed by atoms with van der Waals surface area (Å²) in [4.78, 5) is 0. The molecule has 13 rings (SSSR count). The summed E-state index contributed by atoms with van der Waals surface area (Å²) in [6.07, 6.45) is 0. The van der Waals surface area contributed by atoms with Gasteiger partial charge in [0.1, 0.15) is 0 Å². The summed E-state index contributed by atoms with van der Waals surface area (Å²) in [6.45, 7) is 27.8. The second-order valence-corrected chi connectivity index (χ2v) is 26.6. The SMILES string of the molecule is CC(C)(C)c1ccc2c(c1)c1cc(C(C)(C)C)ccc1n2-c1ccc(-c2cc(-c3ccccc3)c(-c3ccc(-n4c5ccc(C(C)(C)C)cc5c5cc(C(C)(C)C)ccc54)c4ccccc34)cc2-c2ccccc2)c2ccccc12. The Hall–Kier alpha value is -8.46. The molecule has 0 aliphatic rings. The van der Waals surface area contributed by atoms with Crippen LogP contribution >= 0.6 is 0 Å². The van der Waals surface area contributed by atoms with Gasteiger partial charge in [-0.2, -0.15) is 0 Å². The highest BCUT2D eigenvalue weighted by molar-refractivity contribution is 6.15. The van der Waals surface area contributed by atoms with Crippen LogP contribution in [0.1, 0.15) is 105 Å². The molecule has 0 radical (unpaired) electrons. The molecule has 0 aliphatic heterocycles. The molecule has 13 aromatic rings. The molecule has 2 aromatic heterocycles. The molecule has 2 nitrogen and oxygen atoms in total. The van der Waals surface area contributed by atoms with Crippen molar-refractivity contribution in [1.82, 2.24) is 9.13 Å². The van der Waals surface area contributed by atoms with Gasteiger partial charge < -0.3 is 9.13 Å². The van der Waals surface area contributed by atoms with E-state index in [2.05, 4.69) is 311 Å². The van der Waals surface area contributed by atoms with E-state index in [-0.39, 0.29) is 21.7 Å². The summed E-state index contributed by atoms with van der Waals surface area (Å²) in [7, 11) is 0. The molecule has 0 N–H and O–H groups in total. The van der Waals surface area contributed by atoms with Gasteiger partial charge in [-0.1, -0.05) is 229 Å². The molecule has 0 amide bonds. The maximum absolute atomic E-state index is 2.52. The van der Waals surface area contributed by atoms with Crippen molar-refractivity contribution in [3.05, 3.63) is 241 Å². The zero-order valence-electron chi connectivity index (χ0n) is 48.7. The highest BCUT2D eigenvalue weighted by Crippen LogP contribution is 2.49. The van der Waals surface area contributed by atoms with Gasteiger partial charge in [0.05, 0.1) is 33.4 Å². The fourth-order valence-electron chi connectivity index (χ4n) is 12.6. The van der Waals surface area contributed by atoms with Crippen LogP contribution in [-0.2, 0) is 21.7 Å². The van der Waals surface area contributed by atoms with Crippen LogP contribution in [0.15, 0.2) is 218 Å². The van der Waals surface area contributed by atoms with Gasteiger partial charge in [0.2, 0.25) is 0 Å². The van der Waals surface area contributed by atoms with Crippen molar-refractivity contribution in [2.24, 2.45) is 0 Å². The van der Waals surface area contributed by atoms with Crippen LogP contribution in [-0.4, -0.2) is 9.13 Å². The Bertz CT molecular complexity index is 4150. The third-order valence-corrected chi connectivity index (χ3v) is 17.2. The van der Waals surface area contributed by atoms with Crippen molar-refractivity contribution in [3.8, 4) is 55.9 Å². The Balaban J connectivity index is 1.05.